The van der Waals surface area contributed by atoms with Gasteiger partial charge in [-0.05, 0) is 12.1 Å². The third-order valence-corrected chi connectivity index (χ3v) is 3.06. The highest BCUT2D eigenvalue weighted by Gasteiger charge is 2.09. The second kappa shape index (κ2) is 5.56. The minimum Gasteiger partial charge on any atom is -0.497 e. The van der Waals surface area contributed by atoms with E-state index in [2.05, 4.69) is 15.5 Å². The predicted molar refractivity (Wildman–Crippen MR) is 69.6 cm³/mol. The van der Waals surface area contributed by atoms with E-state index in [0.717, 1.165) is 11.3 Å². The number of ether oxygens (including phenoxy) is 1. The molecule has 1 aromatic heterocycles. The largest absolute Gasteiger partial charge is 0.497 e. The minimum absolute atomic E-state index is 0.0753. The summed E-state index contributed by atoms with van der Waals surface area (Å²) in [4.78, 5) is 11.1. The molecule has 1 heterocycles. The van der Waals surface area contributed by atoms with Crippen LogP contribution < -0.4 is 15.8 Å². The van der Waals surface area contributed by atoms with E-state index in [1.165, 1.54) is 11.3 Å². The number of hydrogen-bond donors (Lipinski definition) is 2. The second-order valence-corrected chi connectivity index (χ2v) is 4.37. The minimum atomic E-state index is -0.289. The predicted octanol–water partition coefficient (Wildman–Crippen LogP) is 1.11. The van der Waals surface area contributed by atoms with Crippen molar-refractivity contribution in [3.8, 4) is 16.3 Å². The molecule has 0 spiro atoms. The Hall–Kier alpha value is -1.99. The maximum Gasteiger partial charge on any atom is 0.239 e. The highest BCUT2D eigenvalue weighted by Crippen LogP contribution is 2.28. The molecular formula is C11H12N4O2S. The van der Waals surface area contributed by atoms with Gasteiger partial charge in [0.2, 0.25) is 11.0 Å². The molecule has 0 fully saturated rings. The van der Waals surface area contributed by atoms with Gasteiger partial charge in [-0.3, -0.25) is 10.1 Å². The molecule has 94 valence electrons. The fourth-order valence-corrected chi connectivity index (χ4v) is 2.07. The number of carbonyl (C=O) groups excluding carboxylic acids is 1. The van der Waals surface area contributed by atoms with Crippen molar-refractivity contribution in [2.45, 2.75) is 0 Å². The smallest absolute Gasteiger partial charge is 0.239 e. The number of anilines is 1. The standard InChI is InChI=1S/C11H12N4O2S/c1-17-8-4-2-3-7(5-8)10-14-15-11(18-10)13-9(16)6-12/h2-5H,6,12H2,1H3,(H,13,15,16). The van der Waals surface area contributed by atoms with E-state index in [1.54, 1.807) is 7.11 Å². The van der Waals surface area contributed by atoms with Crippen LogP contribution in [0.25, 0.3) is 10.6 Å². The molecule has 0 aliphatic carbocycles. The van der Waals surface area contributed by atoms with E-state index in [4.69, 9.17) is 10.5 Å². The van der Waals surface area contributed by atoms with Crippen molar-refractivity contribution in [3.05, 3.63) is 24.3 Å². The first-order valence-electron chi connectivity index (χ1n) is 5.21. The SMILES string of the molecule is COc1cccc(-c2nnc(NC(=O)CN)s2)c1. The first-order chi connectivity index (χ1) is 8.72. The molecule has 1 amide bonds. The zero-order chi connectivity index (χ0) is 13.0. The van der Waals surface area contributed by atoms with E-state index < -0.39 is 0 Å². The van der Waals surface area contributed by atoms with Crippen LogP contribution in [0.1, 0.15) is 0 Å². The molecule has 0 bridgehead atoms. The van der Waals surface area contributed by atoms with E-state index >= 15 is 0 Å². The zero-order valence-corrected chi connectivity index (χ0v) is 10.5. The topological polar surface area (TPSA) is 90.1 Å². The van der Waals surface area contributed by atoms with Gasteiger partial charge in [0.05, 0.1) is 13.7 Å². The lowest BCUT2D eigenvalue weighted by Gasteiger charge is -2.00. The summed E-state index contributed by atoms with van der Waals surface area (Å²) < 4.78 is 5.14. The molecule has 0 aliphatic rings. The van der Waals surface area contributed by atoms with Crippen LogP contribution in [0, 0.1) is 0 Å². The number of rotatable bonds is 4. The normalized spacial score (nSPS) is 10.1. The molecule has 0 aliphatic heterocycles. The number of carbonyl (C=O) groups is 1. The summed E-state index contributed by atoms with van der Waals surface area (Å²) in [6, 6.07) is 7.47. The van der Waals surface area contributed by atoms with Gasteiger partial charge in [0.25, 0.3) is 0 Å². The number of nitrogens with two attached hydrogens (primary N) is 1. The van der Waals surface area contributed by atoms with Crippen LogP contribution in [-0.4, -0.2) is 29.8 Å². The number of nitrogens with zero attached hydrogens (tertiary/aromatic N) is 2. The highest BCUT2D eigenvalue weighted by atomic mass is 32.1. The third-order valence-electron chi connectivity index (χ3n) is 2.17. The average molecular weight is 264 g/mol. The molecule has 18 heavy (non-hydrogen) atoms. The molecule has 3 N–H and O–H groups in total. The Morgan fingerprint density at radius 1 is 1.50 bits per heavy atom. The van der Waals surface area contributed by atoms with Crippen LogP contribution in [0.3, 0.4) is 0 Å². The van der Waals surface area contributed by atoms with Crippen LogP contribution in [0.4, 0.5) is 5.13 Å². The monoisotopic (exact) mass is 264 g/mol. The zero-order valence-electron chi connectivity index (χ0n) is 9.71. The van der Waals surface area contributed by atoms with Crippen molar-refractivity contribution in [2.24, 2.45) is 5.73 Å². The van der Waals surface area contributed by atoms with Crippen molar-refractivity contribution in [3.63, 3.8) is 0 Å². The van der Waals surface area contributed by atoms with Crippen LogP contribution in [0.2, 0.25) is 0 Å². The number of benzene rings is 1. The van der Waals surface area contributed by atoms with Gasteiger partial charge in [0.15, 0.2) is 0 Å². The maximum absolute atomic E-state index is 11.1. The summed E-state index contributed by atoms with van der Waals surface area (Å²) >= 11 is 1.28. The van der Waals surface area contributed by atoms with Crippen molar-refractivity contribution < 1.29 is 9.53 Å². The summed E-state index contributed by atoms with van der Waals surface area (Å²) in [6.45, 7) is -0.0753. The van der Waals surface area contributed by atoms with Gasteiger partial charge in [0.1, 0.15) is 10.8 Å². The lowest BCUT2D eigenvalue weighted by Crippen LogP contribution is -2.21. The summed E-state index contributed by atoms with van der Waals surface area (Å²) in [5, 5.41) is 11.6. The Labute approximate surface area is 108 Å². The molecule has 2 rings (SSSR count). The highest BCUT2D eigenvalue weighted by molar-refractivity contribution is 7.18. The maximum atomic E-state index is 11.1. The molecule has 0 radical (unpaired) electrons. The average Bonchev–Trinajstić information content (AvgIpc) is 2.87. The van der Waals surface area contributed by atoms with E-state index in [9.17, 15) is 4.79 Å². The van der Waals surface area contributed by atoms with Crippen molar-refractivity contribution >= 4 is 22.4 Å². The lowest BCUT2D eigenvalue weighted by atomic mass is 10.2. The Morgan fingerprint density at radius 3 is 3.06 bits per heavy atom. The summed E-state index contributed by atoms with van der Waals surface area (Å²) in [6.07, 6.45) is 0. The molecule has 0 unspecified atom stereocenters. The van der Waals surface area contributed by atoms with Crippen molar-refractivity contribution in [1.82, 2.24) is 10.2 Å². The summed E-state index contributed by atoms with van der Waals surface area (Å²) in [5.41, 5.74) is 6.09. The molecule has 7 heteroatoms. The molecule has 1 aromatic carbocycles. The number of hydrogen-bond acceptors (Lipinski definition) is 6. The second-order valence-electron chi connectivity index (χ2n) is 3.40. The van der Waals surface area contributed by atoms with Crippen LogP contribution >= 0.6 is 11.3 Å². The van der Waals surface area contributed by atoms with Crippen LogP contribution in [-0.2, 0) is 4.79 Å². The Kier molecular flexibility index (Phi) is 3.85. The molecule has 0 saturated heterocycles. The molecule has 6 nitrogen and oxygen atoms in total. The fourth-order valence-electron chi connectivity index (χ4n) is 1.32. The van der Waals surface area contributed by atoms with Crippen molar-refractivity contribution in [1.29, 1.82) is 0 Å². The first kappa shape index (κ1) is 12.5. The molecule has 0 saturated carbocycles. The number of aromatic nitrogens is 2. The summed E-state index contributed by atoms with van der Waals surface area (Å²) in [5.74, 6) is 0.457. The molecule has 0 atom stereocenters. The molecule has 2 aromatic rings. The van der Waals surface area contributed by atoms with Gasteiger partial charge in [-0.2, -0.15) is 0 Å². The van der Waals surface area contributed by atoms with Gasteiger partial charge in [-0.15, -0.1) is 10.2 Å². The fraction of sp³-hybridized carbons (Fsp3) is 0.182. The number of methoxy groups -OCH3 is 1. The van der Waals surface area contributed by atoms with E-state index in [0.29, 0.717) is 10.1 Å². The Morgan fingerprint density at radius 2 is 2.33 bits per heavy atom. The van der Waals surface area contributed by atoms with E-state index in [-0.39, 0.29) is 12.5 Å². The lowest BCUT2D eigenvalue weighted by molar-refractivity contribution is -0.114. The van der Waals surface area contributed by atoms with Gasteiger partial charge < -0.3 is 10.5 Å². The van der Waals surface area contributed by atoms with Gasteiger partial charge in [0, 0.05) is 5.56 Å². The number of nitrogens with one attached hydrogen (secondary N) is 1. The number of amides is 1. The van der Waals surface area contributed by atoms with Gasteiger partial charge in [-0.1, -0.05) is 23.5 Å². The van der Waals surface area contributed by atoms with Crippen molar-refractivity contribution in [2.75, 3.05) is 19.0 Å². The van der Waals surface area contributed by atoms with Gasteiger partial charge in [-0.25, -0.2) is 0 Å². The Balaban J connectivity index is 2.20. The van der Waals surface area contributed by atoms with Crippen LogP contribution in [0.15, 0.2) is 24.3 Å². The van der Waals surface area contributed by atoms with Crippen LogP contribution in [0.5, 0.6) is 5.75 Å². The third kappa shape index (κ3) is 2.82. The summed E-state index contributed by atoms with van der Waals surface area (Å²) in [7, 11) is 1.60. The van der Waals surface area contributed by atoms with E-state index in [1.807, 2.05) is 24.3 Å². The van der Waals surface area contributed by atoms with Gasteiger partial charge >= 0.3 is 0 Å². The Bertz CT molecular complexity index is 555. The quantitative estimate of drug-likeness (QED) is 0.863. The first-order valence-corrected chi connectivity index (χ1v) is 6.02. The molecular weight excluding hydrogens is 252 g/mol.